The summed E-state index contributed by atoms with van der Waals surface area (Å²) in [5.41, 5.74) is 0.840. The Morgan fingerprint density at radius 1 is 1.15 bits per heavy atom. The minimum Gasteiger partial charge on any atom is -0.352 e. The van der Waals surface area contributed by atoms with Crippen molar-refractivity contribution in [1.29, 1.82) is 0 Å². The Bertz CT molecular complexity index is 1160. The molecule has 1 atom stereocenters. The molecule has 33 heavy (non-hydrogen) atoms. The fraction of sp³-hybridized carbons (Fsp3) is 0.381. The third-order valence-electron chi connectivity index (χ3n) is 5.34. The van der Waals surface area contributed by atoms with E-state index in [1.807, 2.05) is 4.90 Å². The van der Waals surface area contributed by atoms with Crippen LogP contribution >= 0.6 is 11.3 Å². The minimum absolute atomic E-state index is 0.00651. The molecule has 0 radical (unpaired) electrons. The third-order valence-corrected chi connectivity index (χ3v) is 7.46. The number of benzene rings is 1. The van der Waals surface area contributed by atoms with Gasteiger partial charge in [0, 0.05) is 31.1 Å². The number of alkyl halides is 3. The van der Waals surface area contributed by atoms with Gasteiger partial charge in [-0.3, -0.25) is 4.79 Å². The van der Waals surface area contributed by atoms with Crippen LogP contribution in [0.15, 0.2) is 41.6 Å². The minimum atomic E-state index is -4.27. The highest BCUT2D eigenvalue weighted by atomic mass is 32.2. The zero-order chi connectivity index (χ0) is 23.6. The van der Waals surface area contributed by atoms with Crippen LogP contribution in [0.2, 0.25) is 0 Å². The van der Waals surface area contributed by atoms with E-state index in [0.29, 0.717) is 47.1 Å². The van der Waals surface area contributed by atoms with Gasteiger partial charge in [-0.15, -0.1) is 11.3 Å². The molecule has 1 aliphatic heterocycles. The van der Waals surface area contributed by atoms with E-state index >= 15 is 0 Å². The van der Waals surface area contributed by atoms with Crippen LogP contribution in [0.1, 0.15) is 10.4 Å². The maximum atomic E-state index is 12.8. The molecule has 2 aromatic heterocycles. The maximum Gasteiger partial charge on any atom is 0.393 e. The molecule has 3 aromatic rings. The first kappa shape index (κ1) is 23.6. The second-order valence-electron chi connectivity index (χ2n) is 7.58. The smallest absolute Gasteiger partial charge is 0.352 e. The Labute approximate surface area is 195 Å². The zero-order valence-corrected chi connectivity index (χ0v) is 19.4. The van der Waals surface area contributed by atoms with E-state index < -0.39 is 23.6 Å². The molecule has 4 rings (SSSR count). The molecule has 12 heteroatoms. The van der Waals surface area contributed by atoms with E-state index in [1.165, 1.54) is 12.4 Å². The average molecular weight is 498 g/mol. The van der Waals surface area contributed by atoms with E-state index in [9.17, 15) is 22.2 Å². The molecule has 1 aliphatic rings. The molecule has 1 amide bonds. The summed E-state index contributed by atoms with van der Waals surface area (Å²) >= 11 is 1.03. The maximum absolute atomic E-state index is 12.8. The molecule has 1 unspecified atom stereocenters. The molecular formula is C21H22F3N5O2S2. The van der Waals surface area contributed by atoms with Crippen molar-refractivity contribution in [3.63, 3.8) is 0 Å². The summed E-state index contributed by atoms with van der Waals surface area (Å²) in [6.07, 6.45) is -3.64. The topological polar surface area (TPSA) is 78.4 Å². The van der Waals surface area contributed by atoms with Crippen LogP contribution in [0.25, 0.3) is 10.2 Å². The van der Waals surface area contributed by atoms with Crippen molar-refractivity contribution < 1.29 is 22.2 Å². The van der Waals surface area contributed by atoms with Gasteiger partial charge >= 0.3 is 6.18 Å². The Kier molecular flexibility index (Phi) is 6.96. The number of thiophene rings is 1. The number of hydrogen-bond acceptors (Lipinski definition) is 6. The highest BCUT2D eigenvalue weighted by Crippen LogP contribution is 2.34. The SMILES string of the molecule is CNS(=O)c1ccc(CC(=O)N2CCN(c3ncnc4sc(CC(F)(F)F)cc34)CC2)cc1. The van der Waals surface area contributed by atoms with E-state index in [0.717, 1.165) is 16.9 Å². The van der Waals surface area contributed by atoms with Crippen molar-refractivity contribution in [1.82, 2.24) is 19.6 Å². The average Bonchev–Trinajstić information content (AvgIpc) is 3.20. The third kappa shape index (κ3) is 5.68. The van der Waals surface area contributed by atoms with Crippen LogP contribution in [0.4, 0.5) is 19.0 Å². The summed E-state index contributed by atoms with van der Waals surface area (Å²) in [7, 11) is 0.343. The lowest BCUT2D eigenvalue weighted by molar-refractivity contribution is -0.130. The number of carbonyl (C=O) groups is 1. The summed E-state index contributed by atoms with van der Waals surface area (Å²) in [6, 6.07) is 8.59. The molecule has 3 heterocycles. The molecule has 7 nitrogen and oxygen atoms in total. The first-order chi connectivity index (χ1) is 15.7. The first-order valence-corrected chi connectivity index (χ1v) is 12.2. The molecule has 0 saturated carbocycles. The monoisotopic (exact) mass is 497 g/mol. The van der Waals surface area contributed by atoms with E-state index in [4.69, 9.17) is 0 Å². The van der Waals surface area contributed by atoms with Crippen LogP contribution < -0.4 is 9.62 Å². The quantitative estimate of drug-likeness (QED) is 0.567. The van der Waals surface area contributed by atoms with Crippen LogP contribution in [0.5, 0.6) is 0 Å². The molecule has 1 saturated heterocycles. The Balaban J connectivity index is 1.39. The van der Waals surface area contributed by atoms with Crippen molar-refractivity contribution in [2.24, 2.45) is 0 Å². The highest BCUT2D eigenvalue weighted by molar-refractivity contribution is 7.83. The van der Waals surface area contributed by atoms with E-state index in [1.54, 1.807) is 36.2 Å². The molecule has 0 aliphatic carbocycles. The molecule has 176 valence electrons. The zero-order valence-electron chi connectivity index (χ0n) is 17.8. The van der Waals surface area contributed by atoms with Gasteiger partial charge in [0.15, 0.2) is 0 Å². The Hall–Kier alpha value is -2.57. The molecule has 0 bridgehead atoms. The predicted octanol–water partition coefficient (Wildman–Crippen LogP) is 2.93. The van der Waals surface area contributed by atoms with Crippen LogP contribution in [0.3, 0.4) is 0 Å². The summed E-state index contributed by atoms with van der Waals surface area (Å²) in [4.78, 5) is 26.3. The van der Waals surface area contributed by atoms with Crippen molar-refractivity contribution in [2.75, 3.05) is 38.1 Å². The Morgan fingerprint density at radius 3 is 2.48 bits per heavy atom. The number of amides is 1. The number of nitrogens with one attached hydrogen (secondary N) is 1. The fourth-order valence-electron chi connectivity index (χ4n) is 3.73. The second-order valence-corrected chi connectivity index (χ2v) is 10.1. The second kappa shape index (κ2) is 9.74. The van der Waals surface area contributed by atoms with Crippen LogP contribution in [0, 0.1) is 0 Å². The van der Waals surface area contributed by atoms with Gasteiger partial charge in [-0.25, -0.2) is 18.9 Å². The lowest BCUT2D eigenvalue weighted by Gasteiger charge is -2.35. The number of fused-ring (bicyclic) bond motifs is 1. The normalized spacial score (nSPS) is 15.8. The van der Waals surface area contributed by atoms with Gasteiger partial charge in [-0.1, -0.05) is 12.1 Å². The van der Waals surface area contributed by atoms with E-state index in [2.05, 4.69) is 14.7 Å². The molecular weight excluding hydrogens is 475 g/mol. The number of rotatable bonds is 6. The Morgan fingerprint density at radius 2 is 1.85 bits per heavy atom. The van der Waals surface area contributed by atoms with Gasteiger partial charge in [0.1, 0.15) is 28.0 Å². The van der Waals surface area contributed by atoms with Crippen molar-refractivity contribution in [3.05, 3.63) is 47.1 Å². The predicted molar refractivity (Wildman–Crippen MR) is 122 cm³/mol. The fourth-order valence-corrected chi connectivity index (χ4v) is 5.37. The summed E-state index contributed by atoms with van der Waals surface area (Å²) in [6.45, 7) is 2.04. The number of hydrogen-bond donors (Lipinski definition) is 1. The van der Waals surface area contributed by atoms with Crippen LogP contribution in [-0.2, 0) is 28.6 Å². The molecule has 1 aromatic carbocycles. The van der Waals surface area contributed by atoms with E-state index in [-0.39, 0.29) is 17.2 Å². The molecule has 1 fully saturated rings. The van der Waals surface area contributed by atoms with Gasteiger partial charge in [0.05, 0.1) is 23.1 Å². The van der Waals surface area contributed by atoms with Gasteiger partial charge < -0.3 is 9.80 Å². The number of halogens is 3. The van der Waals surface area contributed by atoms with Gasteiger partial charge in [0.25, 0.3) is 0 Å². The van der Waals surface area contributed by atoms with Crippen molar-refractivity contribution in [3.8, 4) is 0 Å². The van der Waals surface area contributed by atoms with Crippen LogP contribution in [-0.4, -0.2) is 64.4 Å². The van der Waals surface area contributed by atoms with Gasteiger partial charge in [0.2, 0.25) is 5.91 Å². The lowest BCUT2D eigenvalue weighted by Crippen LogP contribution is -2.49. The van der Waals surface area contributed by atoms with Crippen molar-refractivity contribution >= 4 is 44.3 Å². The molecule has 1 N–H and O–H groups in total. The van der Waals surface area contributed by atoms with Gasteiger partial charge in [-0.2, -0.15) is 13.2 Å². The standard InChI is InChI=1S/C21H22F3N5O2S2/c1-25-33(31)16-4-2-14(3-5-16)10-18(30)28-6-8-29(9-7-28)19-17-11-15(12-21(22,23)24)32-20(17)27-13-26-19/h2-5,11,13,25H,6-10,12H2,1H3. The summed E-state index contributed by atoms with van der Waals surface area (Å²) in [5, 5.41) is 0.612. The van der Waals surface area contributed by atoms with Gasteiger partial charge in [-0.05, 0) is 30.8 Å². The largest absolute Gasteiger partial charge is 0.393 e. The van der Waals surface area contributed by atoms with Crippen molar-refractivity contribution in [2.45, 2.75) is 23.9 Å². The first-order valence-electron chi connectivity index (χ1n) is 10.2. The highest BCUT2D eigenvalue weighted by Gasteiger charge is 2.30. The number of aromatic nitrogens is 2. The summed E-state index contributed by atoms with van der Waals surface area (Å²) in [5.74, 6) is 0.595. The summed E-state index contributed by atoms with van der Waals surface area (Å²) < 4.78 is 52.7. The number of anilines is 1. The number of carbonyl (C=O) groups excluding carboxylic acids is 1. The lowest BCUT2D eigenvalue weighted by atomic mass is 10.1. The molecule has 0 spiro atoms. The number of nitrogens with zero attached hydrogens (tertiary/aromatic N) is 4. The number of piperazine rings is 1.